The quantitative estimate of drug-likeness (QED) is 0.614. The summed E-state index contributed by atoms with van der Waals surface area (Å²) in [5.41, 5.74) is 0.124. The number of ketones is 1. The number of imide groups is 1. The second-order valence-corrected chi connectivity index (χ2v) is 7.54. The van der Waals surface area contributed by atoms with E-state index in [9.17, 15) is 19.2 Å². The summed E-state index contributed by atoms with van der Waals surface area (Å²) in [4.78, 5) is 49.8. The van der Waals surface area contributed by atoms with E-state index < -0.39 is 17.5 Å². The van der Waals surface area contributed by atoms with Crippen LogP contribution in [0, 0.1) is 5.92 Å². The van der Waals surface area contributed by atoms with E-state index in [0.717, 1.165) is 37.0 Å². The highest BCUT2D eigenvalue weighted by atomic mass is 16.2. The van der Waals surface area contributed by atoms with Gasteiger partial charge in [0.1, 0.15) is 12.1 Å². The molecule has 1 aliphatic carbocycles. The molecule has 0 aromatic heterocycles. The van der Waals surface area contributed by atoms with Gasteiger partial charge in [0.2, 0.25) is 5.91 Å². The van der Waals surface area contributed by atoms with Crippen molar-refractivity contribution in [2.45, 2.75) is 51.5 Å². The van der Waals surface area contributed by atoms with Gasteiger partial charge in [-0.3, -0.25) is 19.3 Å². The van der Waals surface area contributed by atoms with Gasteiger partial charge in [-0.25, -0.2) is 4.79 Å². The molecular formula is C20H25N3O4. The molecule has 1 aliphatic heterocycles. The van der Waals surface area contributed by atoms with E-state index in [1.54, 1.807) is 31.2 Å². The summed E-state index contributed by atoms with van der Waals surface area (Å²) in [5, 5.41) is 5.47. The van der Waals surface area contributed by atoms with Gasteiger partial charge in [0.15, 0.2) is 5.78 Å². The van der Waals surface area contributed by atoms with Crippen LogP contribution in [0.4, 0.5) is 10.5 Å². The Bertz CT molecular complexity index is 768. The number of hydrogen-bond acceptors (Lipinski definition) is 4. The van der Waals surface area contributed by atoms with Crippen LogP contribution in [0.25, 0.3) is 0 Å². The van der Waals surface area contributed by atoms with Crippen molar-refractivity contribution in [2.24, 2.45) is 5.92 Å². The summed E-state index contributed by atoms with van der Waals surface area (Å²) in [6.45, 7) is 2.90. The van der Waals surface area contributed by atoms with Crippen LogP contribution in [-0.2, 0) is 9.59 Å². The molecule has 1 saturated carbocycles. The minimum atomic E-state index is -0.930. The van der Waals surface area contributed by atoms with E-state index in [-0.39, 0.29) is 24.2 Å². The Morgan fingerprint density at radius 1 is 1.15 bits per heavy atom. The summed E-state index contributed by atoms with van der Waals surface area (Å²) >= 11 is 0. The number of carbonyl (C=O) groups excluding carboxylic acids is 4. The van der Waals surface area contributed by atoms with Gasteiger partial charge in [0, 0.05) is 11.3 Å². The van der Waals surface area contributed by atoms with Crippen molar-refractivity contribution in [3.05, 3.63) is 29.8 Å². The Morgan fingerprint density at radius 3 is 2.37 bits per heavy atom. The van der Waals surface area contributed by atoms with Gasteiger partial charge in [-0.05, 0) is 56.9 Å². The zero-order chi connectivity index (χ0) is 19.6. The largest absolute Gasteiger partial charge is 0.325 e. The maximum Gasteiger partial charge on any atom is 0.325 e. The van der Waals surface area contributed by atoms with Crippen molar-refractivity contribution in [1.82, 2.24) is 10.2 Å². The van der Waals surface area contributed by atoms with Crippen LogP contribution >= 0.6 is 0 Å². The zero-order valence-corrected chi connectivity index (χ0v) is 15.7. The number of nitrogens with zero attached hydrogens (tertiary/aromatic N) is 1. The third-order valence-electron chi connectivity index (χ3n) is 5.60. The van der Waals surface area contributed by atoms with Crippen molar-refractivity contribution in [2.75, 3.05) is 11.9 Å². The third-order valence-corrected chi connectivity index (χ3v) is 5.60. The lowest BCUT2D eigenvalue weighted by molar-refractivity contribution is -0.135. The number of hydrogen-bond donors (Lipinski definition) is 2. The lowest BCUT2D eigenvalue weighted by Gasteiger charge is -2.34. The Labute approximate surface area is 158 Å². The Hall–Kier alpha value is -2.70. The molecule has 4 amide bonds. The number of anilines is 1. The van der Waals surface area contributed by atoms with E-state index in [4.69, 9.17) is 0 Å². The van der Waals surface area contributed by atoms with Crippen molar-refractivity contribution in [3.63, 3.8) is 0 Å². The first-order valence-corrected chi connectivity index (χ1v) is 9.36. The molecule has 1 aromatic carbocycles. The maximum atomic E-state index is 12.9. The molecule has 2 fully saturated rings. The molecule has 3 rings (SSSR count). The van der Waals surface area contributed by atoms with Gasteiger partial charge in [-0.2, -0.15) is 0 Å². The van der Waals surface area contributed by atoms with Crippen LogP contribution in [0.3, 0.4) is 0 Å². The van der Waals surface area contributed by atoms with Crippen LogP contribution in [0.15, 0.2) is 24.3 Å². The molecule has 1 atom stereocenters. The highest BCUT2D eigenvalue weighted by Crippen LogP contribution is 2.36. The van der Waals surface area contributed by atoms with Crippen molar-refractivity contribution in [1.29, 1.82) is 0 Å². The molecule has 2 aliphatic rings. The van der Waals surface area contributed by atoms with Gasteiger partial charge in [0.25, 0.3) is 5.91 Å². The Morgan fingerprint density at radius 2 is 1.78 bits per heavy atom. The first-order chi connectivity index (χ1) is 12.8. The van der Waals surface area contributed by atoms with E-state index in [1.807, 2.05) is 0 Å². The molecule has 1 aromatic rings. The molecule has 7 heteroatoms. The minimum absolute atomic E-state index is 0.0609. The number of nitrogens with one attached hydrogen (secondary N) is 2. The van der Waals surface area contributed by atoms with Crippen LogP contribution in [0.5, 0.6) is 0 Å². The van der Waals surface area contributed by atoms with Crippen LogP contribution in [0.2, 0.25) is 0 Å². The van der Waals surface area contributed by atoms with Gasteiger partial charge >= 0.3 is 6.03 Å². The predicted molar refractivity (Wildman–Crippen MR) is 100 cm³/mol. The number of Topliss-reactive ketones (excluding diaryl/α,β-unsaturated/α-hetero) is 1. The number of carbonyl (C=O) groups is 4. The summed E-state index contributed by atoms with van der Waals surface area (Å²) in [6, 6.07) is 5.95. The fourth-order valence-electron chi connectivity index (χ4n) is 3.95. The summed E-state index contributed by atoms with van der Waals surface area (Å²) < 4.78 is 0. The van der Waals surface area contributed by atoms with Gasteiger partial charge in [-0.15, -0.1) is 0 Å². The van der Waals surface area contributed by atoms with Crippen molar-refractivity contribution >= 4 is 29.3 Å². The van der Waals surface area contributed by atoms with E-state index >= 15 is 0 Å². The second-order valence-electron chi connectivity index (χ2n) is 7.54. The van der Waals surface area contributed by atoms with E-state index in [0.29, 0.717) is 11.3 Å². The monoisotopic (exact) mass is 371 g/mol. The number of rotatable bonds is 5. The molecule has 144 valence electrons. The fraction of sp³-hybridized carbons (Fsp3) is 0.500. The zero-order valence-electron chi connectivity index (χ0n) is 15.7. The van der Waals surface area contributed by atoms with Gasteiger partial charge < -0.3 is 10.6 Å². The Balaban J connectivity index is 1.64. The average Bonchev–Trinajstić information content (AvgIpc) is 2.87. The molecule has 1 saturated heterocycles. The summed E-state index contributed by atoms with van der Waals surface area (Å²) in [6.07, 6.45) is 5.08. The molecule has 2 N–H and O–H groups in total. The number of urea groups is 1. The van der Waals surface area contributed by atoms with Gasteiger partial charge in [0.05, 0.1) is 0 Å². The molecular weight excluding hydrogens is 346 g/mol. The standard InChI is InChI=1S/C20H25N3O4/c1-13(24)14-8-10-16(11-9-14)21-17(25)12-23-18(26)20(2,22-19(23)27)15-6-4-3-5-7-15/h8-11,15H,3-7,12H2,1-2H3,(H,21,25)(H,22,27)/t20-/m1/s1. The van der Waals surface area contributed by atoms with E-state index in [2.05, 4.69) is 10.6 Å². The topological polar surface area (TPSA) is 95.6 Å². The van der Waals surface area contributed by atoms with Crippen molar-refractivity contribution < 1.29 is 19.2 Å². The van der Waals surface area contributed by atoms with Crippen LogP contribution in [-0.4, -0.2) is 40.6 Å². The minimum Gasteiger partial charge on any atom is -0.325 e. The number of benzene rings is 1. The molecule has 0 spiro atoms. The molecule has 0 bridgehead atoms. The smallest absolute Gasteiger partial charge is 0.325 e. The first-order valence-electron chi connectivity index (χ1n) is 9.36. The summed E-state index contributed by atoms with van der Waals surface area (Å²) in [7, 11) is 0. The molecule has 1 heterocycles. The Kier molecular flexibility index (Phi) is 5.30. The SMILES string of the molecule is CC(=O)c1ccc(NC(=O)CN2C(=O)N[C@](C)(C3CCCCC3)C2=O)cc1. The lowest BCUT2D eigenvalue weighted by Crippen LogP contribution is -2.51. The highest BCUT2D eigenvalue weighted by molar-refractivity contribution is 6.10. The van der Waals surface area contributed by atoms with Crippen molar-refractivity contribution in [3.8, 4) is 0 Å². The number of amides is 4. The third kappa shape index (κ3) is 3.86. The lowest BCUT2D eigenvalue weighted by atomic mass is 9.75. The molecule has 27 heavy (non-hydrogen) atoms. The van der Waals surface area contributed by atoms with Gasteiger partial charge in [-0.1, -0.05) is 19.3 Å². The predicted octanol–water partition coefficient (Wildman–Crippen LogP) is 2.72. The fourth-order valence-corrected chi connectivity index (χ4v) is 3.95. The maximum absolute atomic E-state index is 12.9. The average molecular weight is 371 g/mol. The van der Waals surface area contributed by atoms with E-state index in [1.165, 1.54) is 6.92 Å². The highest BCUT2D eigenvalue weighted by Gasteiger charge is 2.52. The summed E-state index contributed by atoms with van der Waals surface area (Å²) in [5.74, 6) is -0.743. The molecule has 0 unspecified atom stereocenters. The molecule has 7 nitrogen and oxygen atoms in total. The second kappa shape index (κ2) is 7.50. The van der Waals surface area contributed by atoms with Crippen LogP contribution < -0.4 is 10.6 Å². The van der Waals surface area contributed by atoms with Crippen LogP contribution in [0.1, 0.15) is 56.3 Å². The normalized spacial score (nSPS) is 23.3. The first kappa shape index (κ1) is 19.1. The molecule has 0 radical (unpaired) electrons.